The van der Waals surface area contributed by atoms with Crippen LogP contribution in [-0.4, -0.2) is 30.7 Å². The number of carbonyl (C=O) groups excluding carboxylic acids is 1. The van der Waals surface area contributed by atoms with Crippen molar-refractivity contribution >= 4 is 22.6 Å². The Kier molecular flexibility index (Phi) is 3.57. The van der Waals surface area contributed by atoms with Crippen LogP contribution in [0.1, 0.15) is 30.0 Å². The van der Waals surface area contributed by atoms with Crippen LogP contribution in [0.15, 0.2) is 29.1 Å². The van der Waals surface area contributed by atoms with Gasteiger partial charge in [0.25, 0.3) is 5.56 Å². The van der Waals surface area contributed by atoms with Gasteiger partial charge in [-0.05, 0) is 24.6 Å². The zero-order valence-electron chi connectivity index (χ0n) is 15.7. The number of aromatic hydroxyl groups is 1. The summed E-state index contributed by atoms with van der Waals surface area (Å²) in [6.07, 6.45) is 0.0390. The lowest BCUT2D eigenvalue weighted by atomic mass is 9.86. The van der Waals surface area contributed by atoms with E-state index in [0.717, 1.165) is 6.07 Å². The highest BCUT2D eigenvalue weighted by Crippen LogP contribution is 2.41. The molecule has 2 N–H and O–H groups in total. The van der Waals surface area contributed by atoms with Gasteiger partial charge in [0.05, 0.1) is 33.9 Å². The van der Waals surface area contributed by atoms with Crippen LogP contribution in [0.25, 0.3) is 22.3 Å². The number of esters is 1. The summed E-state index contributed by atoms with van der Waals surface area (Å²) in [4.78, 5) is 40.2. The second-order valence-electron chi connectivity index (χ2n) is 7.36. The highest BCUT2D eigenvalue weighted by atomic mass is 16.6. The minimum Gasteiger partial charge on any atom is -0.502 e. The van der Waals surface area contributed by atoms with Crippen LogP contribution in [0, 0.1) is 10.1 Å². The smallest absolute Gasteiger partial charge is 0.343 e. The van der Waals surface area contributed by atoms with E-state index in [2.05, 4.69) is 4.98 Å². The maximum absolute atomic E-state index is 13.1. The molecule has 5 rings (SSSR count). The first-order valence-corrected chi connectivity index (χ1v) is 9.23. The number of phenolic OH excluding ortho intramolecular Hbond substituents is 1. The number of nitro benzene ring substituents is 1. The first-order chi connectivity index (χ1) is 14.3. The predicted octanol–water partition coefficient (Wildman–Crippen LogP) is 1.69. The van der Waals surface area contributed by atoms with Gasteiger partial charge in [-0.15, -0.1) is 0 Å². The molecule has 0 spiro atoms. The van der Waals surface area contributed by atoms with E-state index >= 15 is 0 Å². The fourth-order valence-corrected chi connectivity index (χ4v) is 4.17. The van der Waals surface area contributed by atoms with Crippen molar-refractivity contribution in [1.82, 2.24) is 9.55 Å². The summed E-state index contributed by atoms with van der Waals surface area (Å²) in [6, 6.07) is 5.74. The molecule has 2 aromatic heterocycles. The predicted molar refractivity (Wildman–Crippen MR) is 103 cm³/mol. The number of aliphatic hydroxyl groups is 1. The van der Waals surface area contributed by atoms with Crippen LogP contribution >= 0.6 is 0 Å². The Hall–Kier alpha value is -3.79. The van der Waals surface area contributed by atoms with Crippen molar-refractivity contribution in [3.8, 4) is 17.1 Å². The molecule has 2 aliphatic heterocycles. The molecule has 10 nitrogen and oxygen atoms in total. The van der Waals surface area contributed by atoms with Gasteiger partial charge >= 0.3 is 11.7 Å². The summed E-state index contributed by atoms with van der Waals surface area (Å²) < 4.78 is 6.48. The monoisotopic (exact) mass is 409 g/mol. The number of nitrogens with zero attached hydrogens (tertiary/aromatic N) is 3. The van der Waals surface area contributed by atoms with Gasteiger partial charge < -0.3 is 19.5 Å². The van der Waals surface area contributed by atoms with Gasteiger partial charge in [0.15, 0.2) is 5.60 Å². The fourth-order valence-electron chi connectivity index (χ4n) is 4.17. The molecule has 2 aliphatic rings. The molecular weight excluding hydrogens is 394 g/mol. The molecule has 0 amide bonds. The molecule has 30 heavy (non-hydrogen) atoms. The van der Waals surface area contributed by atoms with Gasteiger partial charge in [-0.1, -0.05) is 6.92 Å². The largest absolute Gasteiger partial charge is 0.502 e. The highest BCUT2D eigenvalue weighted by Gasteiger charge is 2.45. The molecule has 0 saturated heterocycles. The van der Waals surface area contributed by atoms with Crippen molar-refractivity contribution in [3.05, 3.63) is 61.4 Å². The quantitative estimate of drug-likeness (QED) is 0.289. The molecule has 10 heteroatoms. The van der Waals surface area contributed by atoms with Gasteiger partial charge in [0.1, 0.15) is 6.61 Å². The molecule has 0 aliphatic carbocycles. The lowest BCUT2D eigenvalue weighted by Gasteiger charge is -2.31. The molecule has 1 atom stereocenters. The van der Waals surface area contributed by atoms with Gasteiger partial charge in [-0.2, -0.15) is 0 Å². The van der Waals surface area contributed by atoms with Gasteiger partial charge in [0, 0.05) is 22.6 Å². The average Bonchev–Trinajstić information content (AvgIpc) is 3.08. The van der Waals surface area contributed by atoms with Crippen LogP contribution in [0.2, 0.25) is 0 Å². The Morgan fingerprint density at radius 2 is 2.10 bits per heavy atom. The lowest BCUT2D eigenvalue weighted by Crippen LogP contribution is -2.44. The molecule has 4 heterocycles. The molecule has 0 radical (unpaired) electrons. The third-order valence-electron chi connectivity index (χ3n) is 5.84. The normalized spacial score (nSPS) is 19.2. The molecule has 0 unspecified atom stereocenters. The number of aromatic nitrogens is 2. The number of benzene rings is 1. The van der Waals surface area contributed by atoms with Crippen LogP contribution in [0.3, 0.4) is 0 Å². The molecule has 0 bridgehead atoms. The van der Waals surface area contributed by atoms with Crippen molar-refractivity contribution < 1.29 is 24.7 Å². The Morgan fingerprint density at radius 3 is 2.80 bits per heavy atom. The number of rotatable bonds is 2. The minimum absolute atomic E-state index is 0.0390. The second kappa shape index (κ2) is 5.86. The lowest BCUT2D eigenvalue weighted by molar-refractivity contribution is -0.385. The molecule has 1 aromatic carbocycles. The second-order valence-corrected chi connectivity index (χ2v) is 7.36. The van der Waals surface area contributed by atoms with Crippen LogP contribution in [-0.2, 0) is 28.3 Å². The molecule has 3 aromatic rings. The number of ether oxygens (including phenoxy) is 1. The standard InChI is InChI=1S/C20H15N3O7/c1-2-20(27)12-6-15-16-9(7-22(15)18(25)11(12)8-30-19(20)26)5-10-13(21-16)3-4-14(17(10)24)23(28)29/h3-6,24,27H,2,7-8H2,1H3/t20-/m0/s1. The van der Waals surface area contributed by atoms with Crippen molar-refractivity contribution in [2.45, 2.75) is 32.1 Å². The molecule has 0 saturated carbocycles. The SMILES string of the molecule is CC[C@@]1(O)C(=O)OCc2c1cc1n(c2=O)Cc2cc3c(O)c([N+](=O)[O-])ccc3nc2-1. The number of nitro groups is 1. The van der Waals surface area contributed by atoms with E-state index in [1.165, 1.54) is 10.6 Å². The Labute approximate surface area is 168 Å². The third kappa shape index (κ3) is 2.19. The van der Waals surface area contributed by atoms with Crippen molar-refractivity contribution in [2.24, 2.45) is 0 Å². The molecular formula is C20H15N3O7. The van der Waals surface area contributed by atoms with Crippen molar-refractivity contribution in [2.75, 3.05) is 0 Å². The van der Waals surface area contributed by atoms with E-state index in [1.807, 2.05) is 0 Å². The summed E-state index contributed by atoms with van der Waals surface area (Å²) in [6.45, 7) is 1.53. The number of pyridine rings is 2. The number of fused-ring (bicyclic) bond motifs is 5. The Balaban J connectivity index is 1.77. The zero-order chi connectivity index (χ0) is 21.4. The van der Waals surface area contributed by atoms with E-state index < -0.39 is 33.5 Å². The van der Waals surface area contributed by atoms with Gasteiger partial charge in [0.2, 0.25) is 5.75 Å². The van der Waals surface area contributed by atoms with Crippen LogP contribution in [0.4, 0.5) is 5.69 Å². The topological polar surface area (TPSA) is 145 Å². The van der Waals surface area contributed by atoms with Crippen molar-refractivity contribution in [3.63, 3.8) is 0 Å². The zero-order valence-corrected chi connectivity index (χ0v) is 15.7. The average molecular weight is 409 g/mol. The summed E-state index contributed by atoms with van der Waals surface area (Å²) in [7, 11) is 0. The highest BCUT2D eigenvalue weighted by molar-refractivity contribution is 5.92. The molecule has 0 fully saturated rings. The maximum atomic E-state index is 13.1. The fraction of sp³-hybridized carbons (Fsp3) is 0.250. The number of cyclic esters (lactones) is 1. The number of hydrogen-bond donors (Lipinski definition) is 2. The number of hydrogen-bond acceptors (Lipinski definition) is 8. The Morgan fingerprint density at radius 1 is 1.33 bits per heavy atom. The van der Waals surface area contributed by atoms with E-state index in [-0.39, 0.29) is 36.1 Å². The van der Waals surface area contributed by atoms with E-state index in [1.54, 1.807) is 19.1 Å². The summed E-state index contributed by atoms with van der Waals surface area (Å²) in [5, 5.41) is 32.5. The first-order valence-electron chi connectivity index (χ1n) is 9.23. The number of carbonyl (C=O) groups is 1. The van der Waals surface area contributed by atoms with Crippen LogP contribution < -0.4 is 5.56 Å². The van der Waals surface area contributed by atoms with Gasteiger partial charge in [-0.25, -0.2) is 9.78 Å². The third-order valence-corrected chi connectivity index (χ3v) is 5.84. The van der Waals surface area contributed by atoms with Crippen molar-refractivity contribution in [1.29, 1.82) is 0 Å². The first kappa shape index (κ1) is 18.3. The maximum Gasteiger partial charge on any atom is 0.343 e. The minimum atomic E-state index is -1.92. The Bertz CT molecular complexity index is 1360. The summed E-state index contributed by atoms with van der Waals surface area (Å²) in [5.41, 5.74) is -0.554. The summed E-state index contributed by atoms with van der Waals surface area (Å²) >= 11 is 0. The van der Waals surface area contributed by atoms with E-state index in [0.29, 0.717) is 22.5 Å². The van der Waals surface area contributed by atoms with E-state index in [9.17, 15) is 29.9 Å². The van der Waals surface area contributed by atoms with E-state index in [4.69, 9.17) is 4.74 Å². The molecule has 152 valence electrons. The summed E-state index contributed by atoms with van der Waals surface area (Å²) in [5.74, 6) is -1.29. The number of phenols is 1. The van der Waals surface area contributed by atoms with Crippen LogP contribution in [0.5, 0.6) is 5.75 Å². The van der Waals surface area contributed by atoms with Gasteiger partial charge in [-0.3, -0.25) is 14.9 Å².